The van der Waals surface area contributed by atoms with Crippen molar-refractivity contribution in [2.45, 2.75) is 6.54 Å². The fourth-order valence-corrected chi connectivity index (χ4v) is 3.34. The van der Waals surface area contributed by atoms with Crippen molar-refractivity contribution in [1.29, 1.82) is 0 Å². The predicted octanol–water partition coefficient (Wildman–Crippen LogP) is 0.993. The Hall–Kier alpha value is -3.42. The van der Waals surface area contributed by atoms with Gasteiger partial charge in [0.1, 0.15) is 6.54 Å². The first-order chi connectivity index (χ1) is 13.6. The van der Waals surface area contributed by atoms with E-state index in [1.54, 1.807) is 15.6 Å². The van der Waals surface area contributed by atoms with Crippen LogP contribution in [-0.2, 0) is 18.4 Å². The van der Waals surface area contributed by atoms with E-state index in [1.807, 2.05) is 49.8 Å². The largest absolute Gasteiger partial charge is 0.365 e. The molecule has 144 valence electrons. The molecule has 0 atom stereocenters. The lowest BCUT2D eigenvalue weighted by Gasteiger charge is -2.35. The number of piperazine rings is 1. The Labute approximate surface area is 162 Å². The van der Waals surface area contributed by atoms with Crippen LogP contribution in [0.25, 0.3) is 11.3 Å². The van der Waals surface area contributed by atoms with E-state index in [-0.39, 0.29) is 18.0 Å². The Kier molecular flexibility index (Phi) is 4.92. The van der Waals surface area contributed by atoms with Crippen molar-refractivity contribution in [2.24, 2.45) is 7.05 Å². The molecule has 1 fully saturated rings. The van der Waals surface area contributed by atoms with Gasteiger partial charge < -0.3 is 9.80 Å². The quantitative estimate of drug-likeness (QED) is 0.677. The van der Waals surface area contributed by atoms with Crippen LogP contribution in [-0.4, -0.2) is 56.5 Å². The Morgan fingerprint density at radius 1 is 1.04 bits per heavy atom. The first-order valence-electron chi connectivity index (χ1n) is 9.25. The molecular formula is C20H22N6O2. The molecule has 8 heteroatoms. The highest BCUT2D eigenvalue weighted by Gasteiger charge is 2.22. The third-order valence-electron chi connectivity index (χ3n) is 4.91. The first kappa shape index (κ1) is 18.0. The lowest BCUT2D eigenvalue weighted by Crippen LogP contribution is -2.50. The van der Waals surface area contributed by atoms with Crippen LogP contribution in [0.5, 0.6) is 0 Å². The molecule has 3 heterocycles. The van der Waals surface area contributed by atoms with Gasteiger partial charge in [0.2, 0.25) is 5.91 Å². The number of benzene rings is 1. The number of hydrogen-bond donors (Lipinski definition) is 0. The molecule has 4 rings (SSSR count). The van der Waals surface area contributed by atoms with Crippen molar-refractivity contribution in [3.8, 4) is 11.3 Å². The summed E-state index contributed by atoms with van der Waals surface area (Å²) >= 11 is 0. The zero-order chi connectivity index (χ0) is 19.5. The minimum absolute atomic E-state index is 0.0492. The van der Waals surface area contributed by atoms with Crippen molar-refractivity contribution < 1.29 is 4.79 Å². The summed E-state index contributed by atoms with van der Waals surface area (Å²) in [5.41, 5.74) is 2.37. The van der Waals surface area contributed by atoms with Gasteiger partial charge in [0.05, 0.1) is 17.6 Å². The van der Waals surface area contributed by atoms with Crippen molar-refractivity contribution >= 4 is 11.6 Å². The number of nitrogens with zero attached hydrogens (tertiary/aromatic N) is 6. The van der Waals surface area contributed by atoms with Crippen LogP contribution >= 0.6 is 0 Å². The Bertz CT molecular complexity index is 1020. The van der Waals surface area contributed by atoms with Crippen LogP contribution in [0, 0.1) is 0 Å². The molecule has 0 spiro atoms. The summed E-state index contributed by atoms with van der Waals surface area (Å²) in [6.07, 6.45) is 3.80. The molecule has 28 heavy (non-hydrogen) atoms. The maximum Gasteiger partial charge on any atom is 0.267 e. The van der Waals surface area contributed by atoms with E-state index >= 15 is 0 Å². The van der Waals surface area contributed by atoms with Crippen molar-refractivity contribution in [3.05, 3.63) is 65.2 Å². The number of rotatable bonds is 4. The van der Waals surface area contributed by atoms with Gasteiger partial charge in [-0.2, -0.15) is 10.2 Å². The van der Waals surface area contributed by atoms with Gasteiger partial charge in [-0.15, -0.1) is 0 Å². The first-order valence-corrected chi connectivity index (χ1v) is 9.25. The predicted molar refractivity (Wildman–Crippen MR) is 106 cm³/mol. The summed E-state index contributed by atoms with van der Waals surface area (Å²) < 4.78 is 3.02. The van der Waals surface area contributed by atoms with Crippen molar-refractivity contribution in [2.75, 3.05) is 31.1 Å². The second-order valence-electron chi connectivity index (χ2n) is 6.82. The standard InChI is InChI=1S/C20H22N6O2/c1-23-14-17(13-21-23)24-9-11-25(12-10-24)20(28)15-26-19(27)8-7-18(22-26)16-5-3-2-4-6-16/h2-8,13-14H,9-12,15H2,1H3. The zero-order valence-corrected chi connectivity index (χ0v) is 15.7. The van der Waals surface area contributed by atoms with Crippen molar-refractivity contribution in [3.63, 3.8) is 0 Å². The number of aromatic nitrogens is 4. The molecule has 0 N–H and O–H groups in total. The molecule has 8 nitrogen and oxygen atoms in total. The summed E-state index contributed by atoms with van der Waals surface area (Å²) in [6, 6.07) is 12.8. The summed E-state index contributed by atoms with van der Waals surface area (Å²) in [5.74, 6) is -0.0920. The Balaban J connectivity index is 1.42. The molecule has 2 aromatic heterocycles. The van der Waals surface area contributed by atoms with Gasteiger partial charge in [0, 0.05) is 51.1 Å². The molecule has 0 saturated carbocycles. The SMILES string of the molecule is Cn1cc(N2CCN(C(=O)Cn3nc(-c4ccccc4)ccc3=O)CC2)cn1. The third kappa shape index (κ3) is 3.80. The third-order valence-corrected chi connectivity index (χ3v) is 4.91. The van der Waals surface area contributed by atoms with Crippen LogP contribution in [0.15, 0.2) is 59.7 Å². The van der Waals surface area contributed by atoms with E-state index in [4.69, 9.17) is 0 Å². The number of aryl methyl sites for hydroxylation is 1. The van der Waals surface area contributed by atoms with Gasteiger partial charge in [-0.05, 0) is 6.07 Å². The number of amides is 1. The van der Waals surface area contributed by atoms with Crippen LogP contribution in [0.1, 0.15) is 0 Å². The highest BCUT2D eigenvalue weighted by atomic mass is 16.2. The average molecular weight is 378 g/mol. The van der Waals surface area contributed by atoms with Crippen LogP contribution in [0.4, 0.5) is 5.69 Å². The topological polar surface area (TPSA) is 76.3 Å². The van der Waals surface area contributed by atoms with Gasteiger partial charge >= 0.3 is 0 Å². The summed E-state index contributed by atoms with van der Waals surface area (Å²) in [4.78, 5) is 28.9. The molecule has 0 unspecified atom stereocenters. The summed E-state index contributed by atoms with van der Waals surface area (Å²) in [6.45, 7) is 2.65. The molecule has 1 aliphatic heterocycles. The molecule has 1 saturated heterocycles. The second-order valence-corrected chi connectivity index (χ2v) is 6.82. The molecule has 0 aliphatic carbocycles. The average Bonchev–Trinajstić information content (AvgIpc) is 3.17. The normalized spacial score (nSPS) is 14.3. The number of carbonyl (C=O) groups is 1. The summed E-state index contributed by atoms with van der Waals surface area (Å²) in [7, 11) is 1.89. The fourth-order valence-electron chi connectivity index (χ4n) is 3.34. The number of hydrogen-bond acceptors (Lipinski definition) is 5. The maximum atomic E-state index is 12.7. The molecule has 1 aromatic carbocycles. The molecule has 1 aliphatic rings. The second kappa shape index (κ2) is 7.67. The molecule has 3 aromatic rings. The maximum absolute atomic E-state index is 12.7. The minimum Gasteiger partial charge on any atom is -0.365 e. The Morgan fingerprint density at radius 3 is 2.46 bits per heavy atom. The van der Waals surface area contributed by atoms with E-state index in [9.17, 15) is 9.59 Å². The fraction of sp³-hybridized carbons (Fsp3) is 0.300. The van der Waals surface area contributed by atoms with E-state index < -0.39 is 0 Å². The number of carbonyl (C=O) groups excluding carboxylic acids is 1. The van der Waals surface area contributed by atoms with Gasteiger partial charge in [-0.1, -0.05) is 30.3 Å². The monoisotopic (exact) mass is 378 g/mol. The Morgan fingerprint density at radius 2 is 1.79 bits per heavy atom. The molecule has 1 amide bonds. The van der Waals surface area contributed by atoms with Crippen LogP contribution in [0.3, 0.4) is 0 Å². The van der Waals surface area contributed by atoms with E-state index in [0.29, 0.717) is 18.8 Å². The van der Waals surface area contributed by atoms with Crippen LogP contribution in [0.2, 0.25) is 0 Å². The zero-order valence-electron chi connectivity index (χ0n) is 15.7. The van der Waals surface area contributed by atoms with E-state index in [2.05, 4.69) is 15.1 Å². The lowest BCUT2D eigenvalue weighted by atomic mass is 10.1. The van der Waals surface area contributed by atoms with Gasteiger partial charge in [0.15, 0.2) is 0 Å². The highest BCUT2D eigenvalue weighted by Crippen LogP contribution is 2.16. The van der Waals surface area contributed by atoms with E-state index in [1.165, 1.54) is 10.7 Å². The van der Waals surface area contributed by atoms with Gasteiger partial charge in [-0.3, -0.25) is 14.3 Å². The summed E-state index contributed by atoms with van der Waals surface area (Å²) in [5, 5.41) is 8.57. The smallest absolute Gasteiger partial charge is 0.267 e. The van der Waals surface area contributed by atoms with Crippen LogP contribution < -0.4 is 10.5 Å². The lowest BCUT2D eigenvalue weighted by molar-refractivity contribution is -0.132. The molecular weight excluding hydrogens is 356 g/mol. The molecule has 0 bridgehead atoms. The van der Waals surface area contributed by atoms with Gasteiger partial charge in [0.25, 0.3) is 5.56 Å². The highest BCUT2D eigenvalue weighted by molar-refractivity contribution is 5.76. The van der Waals surface area contributed by atoms with Crippen molar-refractivity contribution in [1.82, 2.24) is 24.5 Å². The van der Waals surface area contributed by atoms with E-state index in [0.717, 1.165) is 24.3 Å². The van der Waals surface area contributed by atoms with Gasteiger partial charge in [-0.25, -0.2) is 4.68 Å². The number of anilines is 1. The molecule has 0 radical (unpaired) electrons. The minimum atomic E-state index is -0.276.